The second-order valence-corrected chi connectivity index (χ2v) is 9.94. The first-order valence-corrected chi connectivity index (χ1v) is 11.8. The predicted octanol–water partition coefficient (Wildman–Crippen LogP) is 5.08. The fourth-order valence-electron chi connectivity index (χ4n) is 4.09. The Balaban J connectivity index is 1.40. The minimum atomic E-state index is -0.945. The first kappa shape index (κ1) is 20.1. The second kappa shape index (κ2) is 7.69. The second-order valence-electron chi connectivity index (χ2n) is 7.42. The Labute approximate surface area is 188 Å². The van der Waals surface area contributed by atoms with Gasteiger partial charge in [0.15, 0.2) is 10.0 Å². The van der Waals surface area contributed by atoms with Crippen LogP contribution in [-0.4, -0.2) is 28.3 Å². The molecule has 158 valence electrons. The number of aryl methyl sites for hydroxylation is 1. The van der Waals surface area contributed by atoms with Gasteiger partial charge in [0.05, 0.1) is 18.0 Å². The van der Waals surface area contributed by atoms with Gasteiger partial charge in [-0.2, -0.15) is 0 Å². The van der Waals surface area contributed by atoms with Crippen LogP contribution in [0.2, 0.25) is 0 Å². The van der Waals surface area contributed by atoms with Crippen LogP contribution in [0.5, 0.6) is 5.75 Å². The molecule has 1 saturated heterocycles. The molecule has 0 saturated carbocycles. The first-order valence-electron chi connectivity index (χ1n) is 10.1. The average molecular weight is 452 g/mol. The number of nitrogens with one attached hydrogen (secondary N) is 1. The number of fused-ring (bicyclic) bond motifs is 3. The standard InChI is InChI=1S/C23H21N3O3S2/c1-3-29-16-10-8-15(9-11-16)20-14(2)30-22(24-20)25-21(28)23-13-12-19(27)26(23)17-6-4-5-7-18(17)31-23/h4-11H,3,12-13H2,1-2H3,(H,24,25,28). The Hall–Kier alpha value is -2.84. The van der Waals surface area contributed by atoms with Gasteiger partial charge in [-0.25, -0.2) is 4.98 Å². The van der Waals surface area contributed by atoms with E-state index in [4.69, 9.17) is 4.74 Å². The van der Waals surface area contributed by atoms with Crippen LogP contribution in [0.1, 0.15) is 24.6 Å². The number of rotatable bonds is 5. The van der Waals surface area contributed by atoms with Gasteiger partial charge in [0.25, 0.3) is 5.91 Å². The third kappa shape index (κ3) is 3.30. The number of benzene rings is 2. The summed E-state index contributed by atoms with van der Waals surface area (Å²) >= 11 is 2.89. The van der Waals surface area contributed by atoms with Crippen molar-refractivity contribution in [1.82, 2.24) is 4.98 Å². The lowest BCUT2D eigenvalue weighted by Gasteiger charge is -2.29. The SMILES string of the molecule is CCOc1ccc(-c2nc(NC(=O)C34CCC(=O)N3c3ccccc3S4)sc2C)cc1. The number of thiazole rings is 1. The highest BCUT2D eigenvalue weighted by Crippen LogP contribution is 2.56. The summed E-state index contributed by atoms with van der Waals surface area (Å²) in [5, 5.41) is 3.53. The molecule has 2 aliphatic heterocycles. The van der Waals surface area contributed by atoms with E-state index in [2.05, 4.69) is 10.3 Å². The Morgan fingerprint density at radius 3 is 2.77 bits per heavy atom. The Morgan fingerprint density at radius 2 is 2.00 bits per heavy atom. The smallest absolute Gasteiger partial charge is 0.263 e. The maximum atomic E-state index is 13.4. The third-order valence-corrected chi connectivity index (χ3v) is 7.85. The van der Waals surface area contributed by atoms with Crippen LogP contribution in [0, 0.1) is 6.92 Å². The zero-order valence-electron chi connectivity index (χ0n) is 17.2. The van der Waals surface area contributed by atoms with E-state index in [1.807, 2.05) is 62.4 Å². The summed E-state index contributed by atoms with van der Waals surface area (Å²) in [7, 11) is 0. The van der Waals surface area contributed by atoms with Crippen molar-refractivity contribution in [1.29, 1.82) is 0 Å². The zero-order chi connectivity index (χ0) is 21.6. The predicted molar refractivity (Wildman–Crippen MR) is 124 cm³/mol. The van der Waals surface area contributed by atoms with Crippen molar-refractivity contribution in [2.45, 2.75) is 36.5 Å². The Kier molecular flexibility index (Phi) is 4.98. The van der Waals surface area contributed by atoms with E-state index < -0.39 is 4.87 Å². The lowest BCUT2D eigenvalue weighted by atomic mass is 10.1. The summed E-state index contributed by atoms with van der Waals surface area (Å²) in [6.45, 7) is 4.56. The number of para-hydroxylation sites is 1. The molecule has 3 aromatic rings. The normalized spacial score (nSPS) is 19.3. The minimum absolute atomic E-state index is 0.0157. The molecule has 0 radical (unpaired) electrons. The van der Waals surface area contributed by atoms with E-state index in [9.17, 15) is 9.59 Å². The molecular weight excluding hydrogens is 430 g/mol. The van der Waals surface area contributed by atoms with Crippen LogP contribution in [0.25, 0.3) is 11.3 Å². The average Bonchev–Trinajstić information content (AvgIpc) is 3.41. The molecule has 31 heavy (non-hydrogen) atoms. The molecule has 6 nitrogen and oxygen atoms in total. The van der Waals surface area contributed by atoms with E-state index in [0.29, 0.717) is 24.6 Å². The first-order chi connectivity index (χ1) is 15.0. The molecule has 2 aromatic carbocycles. The van der Waals surface area contributed by atoms with E-state index in [1.165, 1.54) is 23.1 Å². The molecule has 2 aliphatic rings. The van der Waals surface area contributed by atoms with Crippen molar-refractivity contribution in [3.05, 3.63) is 53.4 Å². The lowest BCUT2D eigenvalue weighted by Crippen LogP contribution is -2.49. The van der Waals surface area contributed by atoms with Gasteiger partial charge in [0.2, 0.25) is 5.91 Å². The van der Waals surface area contributed by atoms with Gasteiger partial charge in [0.1, 0.15) is 5.75 Å². The largest absolute Gasteiger partial charge is 0.494 e. The molecule has 1 unspecified atom stereocenters. The van der Waals surface area contributed by atoms with Crippen molar-refractivity contribution < 1.29 is 14.3 Å². The molecule has 2 amide bonds. The number of carbonyl (C=O) groups is 2. The molecule has 0 spiro atoms. The maximum Gasteiger partial charge on any atom is 0.263 e. The molecule has 1 aromatic heterocycles. The van der Waals surface area contributed by atoms with E-state index in [-0.39, 0.29) is 11.8 Å². The van der Waals surface area contributed by atoms with Gasteiger partial charge in [-0.1, -0.05) is 23.9 Å². The Morgan fingerprint density at radius 1 is 1.23 bits per heavy atom. The number of thioether (sulfide) groups is 1. The molecule has 0 aliphatic carbocycles. The number of amides is 2. The topological polar surface area (TPSA) is 71.5 Å². The van der Waals surface area contributed by atoms with Crippen molar-refractivity contribution >= 4 is 45.7 Å². The number of anilines is 2. The van der Waals surface area contributed by atoms with Gasteiger partial charge < -0.3 is 4.74 Å². The summed E-state index contributed by atoms with van der Waals surface area (Å²) in [6, 6.07) is 15.5. The number of hydrogen-bond acceptors (Lipinski definition) is 6. The molecule has 0 bridgehead atoms. The molecule has 3 heterocycles. The summed E-state index contributed by atoms with van der Waals surface area (Å²) in [6.07, 6.45) is 0.843. The maximum absolute atomic E-state index is 13.4. The fraction of sp³-hybridized carbons (Fsp3) is 0.261. The Bertz CT molecular complexity index is 1180. The number of nitrogens with zero attached hydrogens (tertiary/aromatic N) is 2. The summed E-state index contributed by atoms with van der Waals surface area (Å²) in [5.41, 5.74) is 2.62. The zero-order valence-corrected chi connectivity index (χ0v) is 18.8. The third-order valence-electron chi connectivity index (χ3n) is 5.48. The molecule has 5 rings (SSSR count). The van der Waals surface area contributed by atoms with E-state index in [1.54, 1.807) is 4.90 Å². The highest BCUT2D eigenvalue weighted by atomic mass is 32.2. The van der Waals surface area contributed by atoms with Crippen molar-refractivity contribution in [2.24, 2.45) is 0 Å². The van der Waals surface area contributed by atoms with E-state index >= 15 is 0 Å². The van der Waals surface area contributed by atoms with Gasteiger partial charge in [0, 0.05) is 21.8 Å². The molecule has 1 fully saturated rings. The quantitative estimate of drug-likeness (QED) is 0.585. The van der Waals surface area contributed by atoms with Crippen LogP contribution in [0.3, 0.4) is 0 Å². The van der Waals surface area contributed by atoms with Crippen molar-refractivity contribution in [3.8, 4) is 17.0 Å². The monoisotopic (exact) mass is 451 g/mol. The summed E-state index contributed by atoms with van der Waals surface area (Å²) < 4.78 is 5.51. The highest BCUT2D eigenvalue weighted by Gasteiger charge is 2.57. The van der Waals surface area contributed by atoms with Crippen LogP contribution < -0.4 is 15.0 Å². The van der Waals surface area contributed by atoms with Gasteiger partial charge >= 0.3 is 0 Å². The van der Waals surface area contributed by atoms with Crippen LogP contribution in [0.15, 0.2) is 53.4 Å². The number of aromatic nitrogens is 1. The fourth-order valence-corrected chi connectivity index (χ4v) is 6.33. The number of hydrogen-bond donors (Lipinski definition) is 1. The number of carbonyl (C=O) groups excluding carboxylic acids is 2. The molecule has 1 atom stereocenters. The van der Waals surface area contributed by atoms with Gasteiger partial charge in [-0.3, -0.25) is 19.8 Å². The number of ether oxygens (including phenoxy) is 1. The molecule has 8 heteroatoms. The van der Waals surface area contributed by atoms with Crippen molar-refractivity contribution in [3.63, 3.8) is 0 Å². The van der Waals surface area contributed by atoms with Crippen LogP contribution >= 0.6 is 23.1 Å². The van der Waals surface area contributed by atoms with Gasteiger partial charge in [-0.15, -0.1) is 11.3 Å². The van der Waals surface area contributed by atoms with Gasteiger partial charge in [-0.05, 0) is 56.7 Å². The van der Waals surface area contributed by atoms with Crippen LogP contribution in [0.4, 0.5) is 10.8 Å². The minimum Gasteiger partial charge on any atom is -0.494 e. The van der Waals surface area contributed by atoms with E-state index in [0.717, 1.165) is 32.5 Å². The lowest BCUT2D eigenvalue weighted by molar-refractivity contribution is -0.121. The summed E-state index contributed by atoms with van der Waals surface area (Å²) in [5.74, 6) is 0.597. The molecular formula is C23H21N3O3S2. The summed E-state index contributed by atoms with van der Waals surface area (Å²) in [4.78, 5) is 33.4. The molecule has 1 N–H and O–H groups in total. The highest BCUT2D eigenvalue weighted by molar-refractivity contribution is 8.02. The van der Waals surface area contributed by atoms with Crippen molar-refractivity contribution in [2.75, 3.05) is 16.8 Å². The van der Waals surface area contributed by atoms with Crippen LogP contribution in [-0.2, 0) is 9.59 Å².